The highest BCUT2D eigenvalue weighted by Gasteiger charge is 2.45. The van der Waals surface area contributed by atoms with Gasteiger partial charge in [0.05, 0.1) is 5.60 Å². The van der Waals surface area contributed by atoms with Crippen molar-refractivity contribution < 1.29 is 29.9 Å². The number of hydrogen-bond acceptors (Lipinski definition) is 6. The molecule has 2 aliphatic rings. The van der Waals surface area contributed by atoms with E-state index in [1.165, 1.54) is 24.3 Å². The van der Waals surface area contributed by atoms with E-state index in [0.29, 0.717) is 17.7 Å². The van der Waals surface area contributed by atoms with Crippen molar-refractivity contribution in [2.24, 2.45) is 0 Å². The summed E-state index contributed by atoms with van der Waals surface area (Å²) in [5, 5.41) is 39.5. The van der Waals surface area contributed by atoms with Crippen LogP contribution in [0.25, 0.3) is 0 Å². The molecule has 0 saturated heterocycles. The molecule has 2 aromatic rings. The first-order chi connectivity index (χ1) is 11.3. The van der Waals surface area contributed by atoms with E-state index >= 15 is 0 Å². The molecule has 0 amide bonds. The molecule has 126 valence electrons. The van der Waals surface area contributed by atoms with E-state index in [2.05, 4.69) is 0 Å². The van der Waals surface area contributed by atoms with Crippen LogP contribution in [0.4, 0.5) is 0 Å². The van der Waals surface area contributed by atoms with Gasteiger partial charge in [0.2, 0.25) is 0 Å². The fraction of sp³-hybridized carbons (Fsp3) is 0.333. The van der Waals surface area contributed by atoms with Crippen LogP contribution in [0.2, 0.25) is 0 Å². The van der Waals surface area contributed by atoms with Crippen LogP contribution in [0.3, 0.4) is 0 Å². The summed E-state index contributed by atoms with van der Waals surface area (Å²) in [7, 11) is 0. The minimum Gasteiger partial charge on any atom is -0.508 e. The van der Waals surface area contributed by atoms with Gasteiger partial charge in [-0.05, 0) is 31.5 Å². The molecule has 0 saturated carbocycles. The third kappa shape index (κ3) is 2.06. The van der Waals surface area contributed by atoms with Crippen LogP contribution in [-0.2, 0) is 16.8 Å². The summed E-state index contributed by atoms with van der Waals surface area (Å²) in [6.45, 7) is 3.76. The smallest absolute Gasteiger partial charge is 0.157 e. The van der Waals surface area contributed by atoms with Gasteiger partial charge < -0.3 is 29.9 Å². The van der Waals surface area contributed by atoms with Gasteiger partial charge in [0.25, 0.3) is 0 Å². The van der Waals surface area contributed by atoms with Crippen molar-refractivity contribution in [2.75, 3.05) is 0 Å². The minimum absolute atomic E-state index is 0.0378. The molecular formula is C18H18O6. The highest BCUT2D eigenvalue weighted by atomic mass is 16.6. The van der Waals surface area contributed by atoms with Crippen molar-refractivity contribution in [1.29, 1.82) is 0 Å². The fourth-order valence-corrected chi connectivity index (χ4v) is 3.61. The highest BCUT2D eigenvalue weighted by Crippen LogP contribution is 2.50. The maximum atomic E-state index is 10.1. The van der Waals surface area contributed by atoms with E-state index in [1.807, 2.05) is 13.8 Å². The van der Waals surface area contributed by atoms with Gasteiger partial charge >= 0.3 is 0 Å². The SMILES string of the molecule is CC1(C)O[C@@H]2Cc3c(O)cc(O)cc3O[C@@H]2c2cc(O)c(O)cc21. The fourth-order valence-electron chi connectivity index (χ4n) is 3.61. The maximum Gasteiger partial charge on any atom is 0.157 e. The van der Waals surface area contributed by atoms with Gasteiger partial charge in [0.15, 0.2) is 17.6 Å². The zero-order valence-electron chi connectivity index (χ0n) is 13.3. The van der Waals surface area contributed by atoms with Gasteiger partial charge in [-0.15, -0.1) is 0 Å². The Labute approximate surface area is 138 Å². The van der Waals surface area contributed by atoms with Crippen LogP contribution >= 0.6 is 0 Å². The summed E-state index contributed by atoms with van der Waals surface area (Å²) in [5.74, 6) is -0.177. The first kappa shape index (κ1) is 15.0. The Morgan fingerprint density at radius 3 is 2.42 bits per heavy atom. The number of aromatic hydroxyl groups is 4. The predicted molar refractivity (Wildman–Crippen MR) is 84.5 cm³/mol. The van der Waals surface area contributed by atoms with Crippen molar-refractivity contribution in [3.05, 3.63) is 41.0 Å². The third-order valence-electron chi connectivity index (χ3n) is 4.71. The summed E-state index contributed by atoms with van der Waals surface area (Å²) in [5.41, 5.74) is 1.35. The number of benzene rings is 2. The maximum absolute atomic E-state index is 10.1. The van der Waals surface area contributed by atoms with Crippen molar-refractivity contribution in [1.82, 2.24) is 0 Å². The van der Waals surface area contributed by atoms with Gasteiger partial charge in [-0.3, -0.25) is 0 Å². The van der Waals surface area contributed by atoms with Crippen molar-refractivity contribution in [2.45, 2.75) is 38.1 Å². The molecule has 4 N–H and O–H groups in total. The van der Waals surface area contributed by atoms with Crippen LogP contribution in [0.1, 0.15) is 36.6 Å². The van der Waals surface area contributed by atoms with E-state index in [4.69, 9.17) is 9.47 Å². The average molecular weight is 330 g/mol. The van der Waals surface area contributed by atoms with Crippen LogP contribution in [0, 0.1) is 0 Å². The molecule has 2 aromatic carbocycles. The Morgan fingerprint density at radius 1 is 0.958 bits per heavy atom. The molecule has 0 aromatic heterocycles. The average Bonchev–Trinajstić information content (AvgIpc) is 2.48. The third-order valence-corrected chi connectivity index (χ3v) is 4.71. The summed E-state index contributed by atoms with van der Waals surface area (Å²) in [6.07, 6.45) is -0.455. The molecular weight excluding hydrogens is 312 g/mol. The number of phenols is 4. The number of rotatable bonds is 0. The summed E-state index contributed by atoms with van der Waals surface area (Å²) < 4.78 is 12.1. The molecule has 24 heavy (non-hydrogen) atoms. The summed E-state index contributed by atoms with van der Waals surface area (Å²) >= 11 is 0. The monoisotopic (exact) mass is 330 g/mol. The summed E-state index contributed by atoms with van der Waals surface area (Å²) in [4.78, 5) is 0. The zero-order valence-corrected chi connectivity index (χ0v) is 13.3. The second-order valence-corrected chi connectivity index (χ2v) is 6.78. The van der Waals surface area contributed by atoms with Crippen LogP contribution < -0.4 is 4.74 Å². The standard InChI is InChI=1S/C18H18O6/c1-18(2)11-7-14(22)13(21)5-9(11)17-16(24-18)6-10-12(20)3-8(19)4-15(10)23-17/h3-5,7,16-17,19-22H,6H2,1-2H3/t16-,17-/m1/s1. The number of fused-ring (bicyclic) bond motifs is 4. The Kier molecular flexibility index (Phi) is 2.93. The van der Waals surface area contributed by atoms with Gasteiger partial charge in [-0.2, -0.15) is 0 Å². The zero-order chi connectivity index (χ0) is 17.2. The van der Waals surface area contributed by atoms with E-state index in [0.717, 1.165) is 11.1 Å². The second kappa shape index (κ2) is 4.70. The highest BCUT2D eigenvalue weighted by molar-refractivity contribution is 5.54. The molecule has 0 radical (unpaired) electrons. The van der Waals surface area contributed by atoms with Crippen molar-refractivity contribution in [3.8, 4) is 28.7 Å². The lowest BCUT2D eigenvalue weighted by Gasteiger charge is -2.45. The second-order valence-electron chi connectivity index (χ2n) is 6.78. The van der Waals surface area contributed by atoms with Crippen LogP contribution in [-0.4, -0.2) is 26.5 Å². The summed E-state index contributed by atoms with van der Waals surface area (Å²) in [6, 6.07) is 5.69. The predicted octanol–water partition coefficient (Wildman–Crippen LogP) is 2.82. The molecule has 4 rings (SSSR count). The van der Waals surface area contributed by atoms with Crippen molar-refractivity contribution in [3.63, 3.8) is 0 Å². The van der Waals surface area contributed by atoms with Gasteiger partial charge in [0, 0.05) is 29.7 Å². The largest absolute Gasteiger partial charge is 0.508 e. The Balaban J connectivity index is 1.87. The van der Waals surface area contributed by atoms with Gasteiger partial charge in [-0.25, -0.2) is 0 Å². The van der Waals surface area contributed by atoms with E-state index in [1.54, 1.807) is 0 Å². The first-order valence-corrected chi connectivity index (χ1v) is 7.72. The van der Waals surface area contributed by atoms with E-state index in [-0.39, 0.29) is 29.1 Å². The molecule has 0 bridgehead atoms. The molecule has 2 aliphatic heterocycles. The lowest BCUT2D eigenvalue weighted by Crippen LogP contribution is -2.44. The van der Waals surface area contributed by atoms with Crippen LogP contribution in [0.15, 0.2) is 24.3 Å². The lowest BCUT2D eigenvalue weighted by atomic mass is 9.82. The number of hydrogen-bond donors (Lipinski definition) is 4. The molecule has 6 heteroatoms. The normalized spacial score (nSPS) is 23.6. The number of ether oxygens (including phenoxy) is 2. The molecule has 6 nitrogen and oxygen atoms in total. The molecule has 0 fully saturated rings. The quantitative estimate of drug-likeness (QED) is 0.554. The number of phenolic OH excluding ortho intramolecular Hbond substituents is 4. The molecule has 2 atom stereocenters. The first-order valence-electron chi connectivity index (χ1n) is 7.72. The molecule has 0 spiro atoms. The lowest BCUT2D eigenvalue weighted by molar-refractivity contribution is -0.140. The van der Waals surface area contributed by atoms with Crippen molar-refractivity contribution >= 4 is 0 Å². The Bertz CT molecular complexity index is 842. The molecule has 0 unspecified atom stereocenters. The Morgan fingerprint density at radius 2 is 1.67 bits per heavy atom. The molecule has 0 aliphatic carbocycles. The van der Waals surface area contributed by atoms with Gasteiger partial charge in [-0.1, -0.05) is 0 Å². The van der Waals surface area contributed by atoms with Gasteiger partial charge in [0.1, 0.15) is 23.4 Å². The van der Waals surface area contributed by atoms with E-state index < -0.39 is 11.7 Å². The Hall–Kier alpha value is -2.60. The minimum atomic E-state index is -0.685. The van der Waals surface area contributed by atoms with E-state index in [9.17, 15) is 20.4 Å². The topological polar surface area (TPSA) is 99.4 Å². The van der Waals surface area contributed by atoms with Crippen LogP contribution in [0.5, 0.6) is 28.7 Å². The molecule has 2 heterocycles.